The molecule has 0 amide bonds. The second-order valence-electron chi connectivity index (χ2n) is 4.28. The van der Waals surface area contributed by atoms with E-state index >= 15 is 0 Å². The van der Waals surface area contributed by atoms with Crippen LogP contribution in [-0.2, 0) is 4.74 Å². The van der Waals surface area contributed by atoms with Crippen molar-refractivity contribution in [2.45, 2.75) is 45.1 Å². The highest BCUT2D eigenvalue weighted by molar-refractivity contribution is 4.76. The number of hydrogen-bond donors (Lipinski definition) is 1. The number of ether oxygens (including phenoxy) is 1. The van der Waals surface area contributed by atoms with Crippen LogP contribution in [0.5, 0.6) is 0 Å². The van der Waals surface area contributed by atoms with E-state index in [1.54, 1.807) is 7.11 Å². The Hall–Kier alpha value is -0.0800. The highest BCUT2D eigenvalue weighted by Crippen LogP contribution is 2.18. The molecule has 0 saturated heterocycles. The van der Waals surface area contributed by atoms with Crippen LogP contribution in [0.15, 0.2) is 0 Å². The molecule has 0 aromatic rings. The van der Waals surface area contributed by atoms with E-state index in [4.69, 9.17) is 4.74 Å². The molecule has 0 aromatic heterocycles. The molecule has 0 spiro atoms. The van der Waals surface area contributed by atoms with E-state index in [2.05, 4.69) is 12.2 Å². The van der Waals surface area contributed by atoms with E-state index in [0.717, 1.165) is 18.6 Å². The Balaban J connectivity index is 1.87. The van der Waals surface area contributed by atoms with Crippen LogP contribution in [0.25, 0.3) is 0 Å². The minimum atomic E-state index is 0.802. The van der Waals surface area contributed by atoms with Crippen molar-refractivity contribution in [1.82, 2.24) is 5.32 Å². The van der Waals surface area contributed by atoms with Crippen molar-refractivity contribution < 1.29 is 4.74 Å². The Bertz CT molecular complexity index is 123. The number of rotatable bonds is 7. The molecule has 0 radical (unpaired) electrons. The van der Waals surface area contributed by atoms with Crippen LogP contribution in [0.4, 0.5) is 0 Å². The molecule has 1 N–H and O–H groups in total. The average molecular weight is 185 g/mol. The lowest BCUT2D eigenvalue weighted by Gasteiger charge is -2.28. The summed E-state index contributed by atoms with van der Waals surface area (Å²) in [7, 11) is 1.78. The molecule has 2 nitrogen and oxygen atoms in total. The van der Waals surface area contributed by atoms with Crippen LogP contribution < -0.4 is 5.32 Å². The van der Waals surface area contributed by atoms with Crippen molar-refractivity contribution in [1.29, 1.82) is 0 Å². The van der Waals surface area contributed by atoms with Gasteiger partial charge >= 0.3 is 0 Å². The zero-order valence-corrected chi connectivity index (χ0v) is 9.01. The van der Waals surface area contributed by atoms with Crippen molar-refractivity contribution in [2.75, 3.05) is 20.3 Å². The van der Waals surface area contributed by atoms with Crippen molar-refractivity contribution in [3.63, 3.8) is 0 Å². The van der Waals surface area contributed by atoms with Crippen molar-refractivity contribution in [3.8, 4) is 0 Å². The van der Waals surface area contributed by atoms with Crippen molar-refractivity contribution >= 4 is 0 Å². The lowest BCUT2D eigenvalue weighted by Crippen LogP contribution is -2.37. The monoisotopic (exact) mass is 185 g/mol. The molecular weight excluding hydrogens is 162 g/mol. The SMILES string of the molecule is COCCCC(C)CNC1CCC1. The predicted molar refractivity (Wildman–Crippen MR) is 55.9 cm³/mol. The van der Waals surface area contributed by atoms with Crippen LogP contribution in [0.1, 0.15) is 39.0 Å². The topological polar surface area (TPSA) is 21.3 Å². The van der Waals surface area contributed by atoms with Crippen LogP contribution in [0.3, 0.4) is 0 Å². The quantitative estimate of drug-likeness (QED) is 0.614. The molecule has 1 aliphatic rings. The molecule has 1 fully saturated rings. The van der Waals surface area contributed by atoms with E-state index in [0.29, 0.717) is 0 Å². The maximum atomic E-state index is 5.03. The third kappa shape index (κ3) is 4.63. The van der Waals surface area contributed by atoms with Gasteiger partial charge in [0.05, 0.1) is 0 Å². The first-order valence-electron chi connectivity index (χ1n) is 5.55. The van der Waals surface area contributed by atoms with E-state index in [1.807, 2.05) is 0 Å². The normalized spacial score (nSPS) is 19.8. The summed E-state index contributed by atoms with van der Waals surface area (Å²) >= 11 is 0. The van der Waals surface area contributed by atoms with Gasteiger partial charge in [-0.25, -0.2) is 0 Å². The van der Waals surface area contributed by atoms with Gasteiger partial charge in [-0.1, -0.05) is 13.3 Å². The lowest BCUT2D eigenvalue weighted by molar-refractivity contribution is 0.186. The van der Waals surface area contributed by atoms with E-state index in [9.17, 15) is 0 Å². The smallest absolute Gasteiger partial charge is 0.0462 e. The van der Waals surface area contributed by atoms with Gasteiger partial charge in [-0.3, -0.25) is 0 Å². The summed E-state index contributed by atoms with van der Waals surface area (Å²) in [6.07, 6.45) is 6.70. The fourth-order valence-electron chi connectivity index (χ4n) is 1.66. The molecule has 13 heavy (non-hydrogen) atoms. The molecule has 1 saturated carbocycles. The van der Waals surface area contributed by atoms with Gasteiger partial charge in [0.25, 0.3) is 0 Å². The van der Waals surface area contributed by atoms with E-state index in [-0.39, 0.29) is 0 Å². The molecule has 0 bridgehead atoms. The molecule has 1 aliphatic carbocycles. The third-order valence-electron chi connectivity index (χ3n) is 2.91. The van der Waals surface area contributed by atoms with Gasteiger partial charge in [-0.15, -0.1) is 0 Å². The Kier molecular flexibility index (Phi) is 5.40. The second kappa shape index (κ2) is 6.39. The highest BCUT2D eigenvalue weighted by Gasteiger charge is 2.16. The molecule has 0 aliphatic heterocycles. The van der Waals surface area contributed by atoms with Gasteiger partial charge in [-0.05, 0) is 38.1 Å². The summed E-state index contributed by atoms with van der Waals surface area (Å²) in [5, 5.41) is 3.60. The summed E-state index contributed by atoms with van der Waals surface area (Å²) in [6.45, 7) is 4.42. The Morgan fingerprint density at radius 3 is 2.77 bits per heavy atom. The maximum Gasteiger partial charge on any atom is 0.0462 e. The first-order valence-corrected chi connectivity index (χ1v) is 5.55. The first kappa shape index (κ1) is 11.0. The Labute approximate surface area is 82.0 Å². The predicted octanol–water partition coefficient (Wildman–Crippen LogP) is 2.19. The molecule has 78 valence electrons. The summed E-state index contributed by atoms with van der Waals surface area (Å²) in [6, 6.07) is 0.838. The zero-order chi connectivity index (χ0) is 9.52. The molecule has 1 atom stereocenters. The minimum Gasteiger partial charge on any atom is -0.385 e. The van der Waals surface area contributed by atoms with Crippen molar-refractivity contribution in [2.24, 2.45) is 5.92 Å². The first-order chi connectivity index (χ1) is 6.33. The lowest BCUT2D eigenvalue weighted by atomic mass is 9.92. The van der Waals surface area contributed by atoms with E-state index in [1.165, 1.54) is 38.6 Å². The maximum absolute atomic E-state index is 5.03. The molecule has 2 heteroatoms. The Morgan fingerprint density at radius 1 is 1.46 bits per heavy atom. The number of methoxy groups -OCH3 is 1. The summed E-state index contributed by atoms with van der Waals surface area (Å²) in [4.78, 5) is 0. The summed E-state index contributed by atoms with van der Waals surface area (Å²) in [5.41, 5.74) is 0. The van der Waals surface area contributed by atoms with Gasteiger partial charge < -0.3 is 10.1 Å². The molecule has 1 unspecified atom stereocenters. The molecular formula is C11H23NO. The van der Waals surface area contributed by atoms with Gasteiger partial charge in [0, 0.05) is 19.8 Å². The van der Waals surface area contributed by atoms with Crippen LogP contribution in [0, 0.1) is 5.92 Å². The second-order valence-corrected chi connectivity index (χ2v) is 4.28. The van der Waals surface area contributed by atoms with Crippen LogP contribution in [-0.4, -0.2) is 26.3 Å². The Morgan fingerprint density at radius 2 is 2.23 bits per heavy atom. The largest absolute Gasteiger partial charge is 0.385 e. The fourth-order valence-corrected chi connectivity index (χ4v) is 1.66. The minimum absolute atomic E-state index is 0.802. The van der Waals surface area contributed by atoms with Gasteiger partial charge in [0.1, 0.15) is 0 Å². The summed E-state index contributed by atoms with van der Waals surface area (Å²) in [5.74, 6) is 0.802. The van der Waals surface area contributed by atoms with Crippen molar-refractivity contribution in [3.05, 3.63) is 0 Å². The number of nitrogens with one attached hydrogen (secondary N) is 1. The fraction of sp³-hybridized carbons (Fsp3) is 1.00. The zero-order valence-electron chi connectivity index (χ0n) is 9.01. The van der Waals surface area contributed by atoms with Crippen LogP contribution >= 0.6 is 0 Å². The molecule has 1 rings (SSSR count). The molecule has 0 heterocycles. The summed E-state index contributed by atoms with van der Waals surface area (Å²) < 4.78 is 5.03. The van der Waals surface area contributed by atoms with Gasteiger partial charge in [-0.2, -0.15) is 0 Å². The van der Waals surface area contributed by atoms with Gasteiger partial charge in [0.15, 0.2) is 0 Å². The van der Waals surface area contributed by atoms with Gasteiger partial charge in [0.2, 0.25) is 0 Å². The number of hydrogen-bond acceptors (Lipinski definition) is 2. The third-order valence-corrected chi connectivity index (χ3v) is 2.91. The standard InChI is InChI=1S/C11H23NO/c1-10(5-4-8-13-2)9-12-11-6-3-7-11/h10-12H,3-9H2,1-2H3. The highest BCUT2D eigenvalue weighted by atomic mass is 16.5. The van der Waals surface area contributed by atoms with E-state index < -0.39 is 0 Å². The van der Waals surface area contributed by atoms with Crippen LogP contribution in [0.2, 0.25) is 0 Å². The molecule has 0 aromatic carbocycles. The average Bonchev–Trinajstić information content (AvgIpc) is 2.02.